The van der Waals surface area contributed by atoms with Crippen LogP contribution in [0.5, 0.6) is 5.75 Å². The second kappa shape index (κ2) is 6.67. The normalized spacial score (nSPS) is 19.8. The Kier molecular flexibility index (Phi) is 4.22. The van der Waals surface area contributed by atoms with E-state index in [-0.39, 0.29) is 0 Å². The molecule has 1 atom stereocenters. The molecule has 0 radical (unpaired) electrons. The molecule has 25 heavy (non-hydrogen) atoms. The first-order chi connectivity index (χ1) is 12.2. The first-order valence-corrected chi connectivity index (χ1v) is 8.68. The Morgan fingerprint density at radius 2 is 2.04 bits per heavy atom. The monoisotopic (exact) mass is 334 g/mol. The number of aromatic nitrogens is 2. The predicted octanol–water partition coefficient (Wildman–Crippen LogP) is 3.86. The second-order valence-electron chi connectivity index (χ2n) is 6.64. The van der Waals surface area contributed by atoms with Crippen LogP contribution in [0.25, 0.3) is 0 Å². The molecule has 0 amide bonds. The number of aryl methyl sites for hydroxylation is 1. The largest absolute Gasteiger partial charge is 0.497 e. The number of rotatable bonds is 3. The van der Waals surface area contributed by atoms with Crippen molar-refractivity contribution in [2.45, 2.75) is 32.1 Å². The molecule has 2 heterocycles. The molecule has 0 saturated heterocycles. The Hall–Kier alpha value is -2.69. The van der Waals surface area contributed by atoms with Gasteiger partial charge in [-0.25, -0.2) is 15.0 Å². The van der Waals surface area contributed by atoms with E-state index in [1.807, 2.05) is 17.3 Å². The number of allylic oxidation sites excluding steroid dienone is 1. The van der Waals surface area contributed by atoms with Gasteiger partial charge in [-0.15, -0.1) is 0 Å². The van der Waals surface area contributed by atoms with Crippen LogP contribution in [-0.2, 0) is 0 Å². The summed E-state index contributed by atoms with van der Waals surface area (Å²) in [6, 6.07) is 8.23. The molecule has 5 nitrogen and oxygen atoms in total. The lowest BCUT2D eigenvalue weighted by Crippen LogP contribution is -2.28. The van der Waals surface area contributed by atoms with Gasteiger partial charge in [0.25, 0.3) is 0 Å². The lowest BCUT2D eigenvalue weighted by Gasteiger charge is -2.32. The van der Waals surface area contributed by atoms with Crippen molar-refractivity contribution < 1.29 is 4.74 Å². The Morgan fingerprint density at radius 1 is 1.20 bits per heavy atom. The van der Waals surface area contributed by atoms with Gasteiger partial charge in [-0.05, 0) is 72.6 Å². The fourth-order valence-electron chi connectivity index (χ4n) is 3.75. The van der Waals surface area contributed by atoms with Gasteiger partial charge in [-0.1, -0.05) is 6.07 Å². The minimum absolute atomic E-state index is 0.552. The molecule has 5 heteroatoms. The molecule has 1 unspecified atom stereocenters. The van der Waals surface area contributed by atoms with Crippen LogP contribution >= 0.6 is 0 Å². The molecule has 0 bridgehead atoms. The fraction of sp³-hybridized carbons (Fsp3) is 0.350. The highest BCUT2D eigenvalue weighted by molar-refractivity contribution is 5.82. The van der Waals surface area contributed by atoms with Crippen molar-refractivity contribution in [1.29, 1.82) is 0 Å². The number of benzene rings is 1. The van der Waals surface area contributed by atoms with E-state index < -0.39 is 0 Å². The summed E-state index contributed by atoms with van der Waals surface area (Å²) in [4.78, 5) is 8.59. The molecule has 2 aromatic rings. The molecule has 0 spiro atoms. The number of hydrazone groups is 1. The van der Waals surface area contributed by atoms with E-state index in [0.29, 0.717) is 11.9 Å². The van der Waals surface area contributed by atoms with Crippen LogP contribution < -0.4 is 9.75 Å². The number of nitrogens with zero attached hydrogens (tertiary/aromatic N) is 4. The molecule has 0 saturated carbocycles. The maximum Gasteiger partial charge on any atom is 0.246 e. The van der Waals surface area contributed by atoms with Crippen LogP contribution in [0, 0.1) is 6.92 Å². The van der Waals surface area contributed by atoms with E-state index in [2.05, 4.69) is 40.2 Å². The lowest BCUT2D eigenvalue weighted by atomic mass is 9.78. The van der Waals surface area contributed by atoms with Crippen molar-refractivity contribution in [3.63, 3.8) is 0 Å². The molecule has 2 aliphatic rings. The quantitative estimate of drug-likeness (QED) is 0.855. The lowest BCUT2D eigenvalue weighted by molar-refractivity contribution is 0.414. The van der Waals surface area contributed by atoms with Gasteiger partial charge < -0.3 is 4.74 Å². The van der Waals surface area contributed by atoms with Gasteiger partial charge in [0.15, 0.2) is 0 Å². The van der Waals surface area contributed by atoms with Crippen molar-refractivity contribution in [1.82, 2.24) is 9.97 Å². The Bertz CT molecular complexity index is 829. The van der Waals surface area contributed by atoms with E-state index in [9.17, 15) is 0 Å². The number of hydrogen-bond acceptors (Lipinski definition) is 5. The zero-order chi connectivity index (χ0) is 17.2. The van der Waals surface area contributed by atoms with Crippen LogP contribution in [0.1, 0.15) is 36.3 Å². The van der Waals surface area contributed by atoms with Crippen LogP contribution in [-0.4, -0.2) is 29.8 Å². The highest BCUT2D eigenvalue weighted by Crippen LogP contribution is 2.39. The van der Waals surface area contributed by atoms with Crippen LogP contribution in [0.2, 0.25) is 0 Å². The van der Waals surface area contributed by atoms with Gasteiger partial charge in [-0.3, -0.25) is 0 Å². The molecular formula is C20H22N4O. The number of methoxy groups -OCH3 is 1. The van der Waals surface area contributed by atoms with Crippen LogP contribution in [0.4, 0.5) is 5.95 Å². The summed E-state index contributed by atoms with van der Waals surface area (Å²) in [5.74, 6) is 2.14. The highest BCUT2D eigenvalue weighted by Gasteiger charge is 2.26. The molecular weight excluding hydrogens is 312 g/mol. The van der Waals surface area contributed by atoms with Crippen molar-refractivity contribution in [2.75, 3.05) is 18.7 Å². The summed E-state index contributed by atoms with van der Waals surface area (Å²) >= 11 is 0. The smallest absolute Gasteiger partial charge is 0.246 e. The van der Waals surface area contributed by atoms with Gasteiger partial charge in [0.2, 0.25) is 5.95 Å². The van der Waals surface area contributed by atoms with Gasteiger partial charge in [0.05, 0.1) is 19.9 Å². The average molecular weight is 334 g/mol. The number of anilines is 1. The average Bonchev–Trinajstić information content (AvgIpc) is 2.67. The maximum absolute atomic E-state index is 5.33. The summed E-state index contributed by atoms with van der Waals surface area (Å²) in [7, 11) is 1.72. The second-order valence-corrected chi connectivity index (χ2v) is 6.64. The molecule has 128 valence electrons. The first kappa shape index (κ1) is 15.8. The molecule has 1 aromatic carbocycles. The van der Waals surface area contributed by atoms with Crippen LogP contribution in [0.3, 0.4) is 0 Å². The SMILES string of the molecule is COc1ccc(C2CCC3=C(C=NN(c4ncccn4)C3)C2)c(C)c1. The molecule has 1 aliphatic carbocycles. The van der Waals surface area contributed by atoms with E-state index in [1.54, 1.807) is 19.5 Å². The van der Waals surface area contributed by atoms with Crippen LogP contribution in [0.15, 0.2) is 52.9 Å². The summed E-state index contributed by atoms with van der Waals surface area (Å²) in [5.41, 5.74) is 5.57. The summed E-state index contributed by atoms with van der Waals surface area (Å²) in [6.45, 7) is 2.97. The minimum Gasteiger partial charge on any atom is -0.497 e. The first-order valence-electron chi connectivity index (χ1n) is 8.68. The summed E-state index contributed by atoms with van der Waals surface area (Å²) < 4.78 is 5.33. The Morgan fingerprint density at radius 3 is 2.80 bits per heavy atom. The summed E-state index contributed by atoms with van der Waals surface area (Å²) in [6.07, 6.45) is 8.83. The Labute approximate surface area is 148 Å². The molecule has 1 aliphatic heterocycles. The number of ether oxygens (including phenoxy) is 1. The van der Waals surface area contributed by atoms with E-state index in [0.717, 1.165) is 25.1 Å². The fourth-order valence-corrected chi connectivity index (χ4v) is 3.75. The molecule has 1 aromatic heterocycles. The van der Waals surface area contributed by atoms with Gasteiger partial charge in [0.1, 0.15) is 5.75 Å². The maximum atomic E-state index is 5.33. The molecule has 0 fully saturated rings. The van der Waals surface area contributed by atoms with E-state index in [1.165, 1.54) is 28.7 Å². The predicted molar refractivity (Wildman–Crippen MR) is 99.2 cm³/mol. The van der Waals surface area contributed by atoms with Crippen molar-refractivity contribution in [2.24, 2.45) is 5.10 Å². The van der Waals surface area contributed by atoms with Gasteiger partial charge in [0, 0.05) is 12.4 Å². The zero-order valence-corrected chi connectivity index (χ0v) is 14.6. The van der Waals surface area contributed by atoms with Gasteiger partial charge >= 0.3 is 0 Å². The minimum atomic E-state index is 0.552. The third kappa shape index (κ3) is 3.14. The highest BCUT2D eigenvalue weighted by atomic mass is 16.5. The summed E-state index contributed by atoms with van der Waals surface area (Å²) in [5, 5.41) is 6.45. The van der Waals surface area contributed by atoms with Crippen molar-refractivity contribution >= 4 is 12.2 Å². The third-order valence-electron chi connectivity index (χ3n) is 5.11. The van der Waals surface area contributed by atoms with Crippen molar-refractivity contribution in [3.8, 4) is 5.75 Å². The Balaban J connectivity index is 1.52. The molecule has 4 rings (SSSR count). The zero-order valence-electron chi connectivity index (χ0n) is 14.6. The topological polar surface area (TPSA) is 50.6 Å². The standard InChI is InChI=1S/C20H22N4O/c1-14-10-18(25-2)6-7-19(14)15-4-5-16-13-24(23-12-17(16)11-15)20-21-8-3-9-22-20/h3,6-10,12,15H,4-5,11,13H2,1-2H3. The third-order valence-corrected chi connectivity index (χ3v) is 5.11. The van der Waals surface area contributed by atoms with E-state index >= 15 is 0 Å². The van der Waals surface area contributed by atoms with E-state index in [4.69, 9.17) is 4.74 Å². The number of hydrogen-bond donors (Lipinski definition) is 0. The molecule has 0 N–H and O–H groups in total. The van der Waals surface area contributed by atoms with Gasteiger partial charge in [-0.2, -0.15) is 5.10 Å². The van der Waals surface area contributed by atoms with Crippen molar-refractivity contribution in [3.05, 3.63) is 58.9 Å².